The molecule has 0 spiro atoms. The molecule has 1 fully saturated rings. The molecular formula is C26H32N2O5. The number of nitrogens with zero attached hydrogens (tertiary/aromatic N) is 2. The molecule has 33 heavy (non-hydrogen) atoms. The maximum atomic E-state index is 13.6. The first-order chi connectivity index (χ1) is 16.0. The number of unbranched alkanes of at least 4 members (excludes halogenated alkanes) is 1. The average molecular weight is 453 g/mol. The smallest absolute Gasteiger partial charge is 0.416 e. The van der Waals surface area contributed by atoms with Crippen LogP contribution in [-0.4, -0.2) is 47.1 Å². The number of ether oxygens (including phenoxy) is 1. The first kappa shape index (κ1) is 24.5. The maximum absolute atomic E-state index is 13.6. The third-order valence-electron chi connectivity index (χ3n) is 6.01. The summed E-state index contributed by atoms with van der Waals surface area (Å²) in [6.45, 7) is 4.19. The second-order valence-corrected chi connectivity index (χ2v) is 8.34. The van der Waals surface area contributed by atoms with Gasteiger partial charge in [0.25, 0.3) is 0 Å². The molecule has 1 aliphatic heterocycles. The number of hydroxylamine groups is 2. The zero-order valence-corrected chi connectivity index (χ0v) is 19.3. The van der Waals surface area contributed by atoms with E-state index in [0.717, 1.165) is 24.0 Å². The summed E-state index contributed by atoms with van der Waals surface area (Å²) < 4.78 is 5.25. The fourth-order valence-electron chi connectivity index (χ4n) is 4.09. The van der Waals surface area contributed by atoms with Gasteiger partial charge < -0.3 is 4.74 Å². The topological polar surface area (TPSA) is 76.2 Å². The van der Waals surface area contributed by atoms with Crippen LogP contribution >= 0.6 is 0 Å². The van der Waals surface area contributed by atoms with Gasteiger partial charge in [0.15, 0.2) is 0 Å². The van der Waals surface area contributed by atoms with Crippen molar-refractivity contribution in [1.29, 1.82) is 0 Å². The van der Waals surface area contributed by atoms with Gasteiger partial charge in [0.1, 0.15) is 13.2 Å². The van der Waals surface area contributed by atoms with Crippen molar-refractivity contribution in [3.05, 3.63) is 71.8 Å². The van der Waals surface area contributed by atoms with Crippen molar-refractivity contribution in [1.82, 2.24) is 9.96 Å². The van der Waals surface area contributed by atoms with Crippen LogP contribution in [0.4, 0.5) is 4.79 Å². The molecule has 3 atom stereocenters. The Kier molecular flexibility index (Phi) is 9.01. The van der Waals surface area contributed by atoms with Gasteiger partial charge in [0.05, 0.1) is 18.0 Å². The van der Waals surface area contributed by atoms with Gasteiger partial charge in [-0.2, -0.15) is 0 Å². The number of carbonyl (C=O) groups is 3. The number of carbonyl (C=O) groups excluding carboxylic acids is 3. The van der Waals surface area contributed by atoms with Crippen molar-refractivity contribution >= 4 is 18.4 Å². The maximum Gasteiger partial charge on any atom is 0.416 e. The van der Waals surface area contributed by atoms with E-state index in [0.29, 0.717) is 19.3 Å². The first-order valence-corrected chi connectivity index (χ1v) is 11.5. The summed E-state index contributed by atoms with van der Waals surface area (Å²) in [4.78, 5) is 45.0. The van der Waals surface area contributed by atoms with Crippen molar-refractivity contribution in [2.24, 2.45) is 5.92 Å². The van der Waals surface area contributed by atoms with E-state index in [9.17, 15) is 14.4 Å². The minimum Gasteiger partial charge on any atom is -0.447 e. The normalized spacial score (nSPS) is 17.3. The van der Waals surface area contributed by atoms with Crippen LogP contribution in [0.1, 0.15) is 44.2 Å². The fourth-order valence-corrected chi connectivity index (χ4v) is 4.09. The summed E-state index contributed by atoms with van der Waals surface area (Å²) in [6.07, 6.45) is 2.71. The van der Waals surface area contributed by atoms with Crippen molar-refractivity contribution in [3.63, 3.8) is 0 Å². The summed E-state index contributed by atoms with van der Waals surface area (Å²) in [7, 11) is 0. The van der Waals surface area contributed by atoms with Crippen LogP contribution in [0.5, 0.6) is 0 Å². The molecule has 0 aliphatic carbocycles. The number of cyclic esters (lactones) is 1. The molecule has 3 amide bonds. The molecule has 3 rings (SSSR count). The number of hydrogen-bond donors (Lipinski definition) is 0. The van der Waals surface area contributed by atoms with Crippen LogP contribution in [0.15, 0.2) is 60.7 Å². The molecule has 1 aliphatic rings. The molecule has 0 radical (unpaired) electrons. The summed E-state index contributed by atoms with van der Waals surface area (Å²) in [6, 6.07) is 18.3. The highest BCUT2D eigenvalue weighted by molar-refractivity contribution is 5.95. The number of amides is 3. The van der Waals surface area contributed by atoms with E-state index < -0.39 is 18.1 Å². The highest BCUT2D eigenvalue weighted by Crippen LogP contribution is 2.26. The average Bonchev–Trinajstić information content (AvgIpc) is 3.20. The quantitative estimate of drug-likeness (QED) is 0.353. The van der Waals surface area contributed by atoms with E-state index in [1.165, 1.54) is 9.96 Å². The standard InChI is InChI=1S/C26H32N2O5/c1-3-4-15-24(20(2)27(19-29)33-17-22-13-9-6-10-14-22)25(30)28-23(18-32-26(28)31)16-21-11-7-5-8-12-21/h5-14,19-20,23-24H,3-4,15-18H2,1-2H3/t20?,23-,24+/m0/s1. The first-order valence-electron chi connectivity index (χ1n) is 11.5. The van der Waals surface area contributed by atoms with Crippen molar-refractivity contribution < 1.29 is 24.0 Å². The Bertz CT molecular complexity index is 905. The lowest BCUT2D eigenvalue weighted by Crippen LogP contribution is -2.49. The van der Waals surface area contributed by atoms with Gasteiger partial charge in [0, 0.05) is 0 Å². The van der Waals surface area contributed by atoms with Gasteiger partial charge in [-0.25, -0.2) is 14.8 Å². The molecule has 2 aromatic carbocycles. The van der Waals surface area contributed by atoms with Crippen molar-refractivity contribution in [2.75, 3.05) is 6.61 Å². The molecule has 0 N–H and O–H groups in total. The zero-order valence-electron chi connectivity index (χ0n) is 19.3. The molecule has 0 saturated carbocycles. The van der Waals surface area contributed by atoms with Gasteiger partial charge in [-0.05, 0) is 30.9 Å². The van der Waals surface area contributed by atoms with E-state index in [4.69, 9.17) is 9.57 Å². The third kappa shape index (κ3) is 6.42. The SMILES string of the molecule is CCCC[C@@H](C(=O)N1C(=O)OC[C@@H]1Cc1ccccc1)C(C)N(C=O)OCc1ccccc1. The predicted octanol–water partition coefficient (Wildman–Crippen LogP) is 4.36. The lowest BCUT2D eigenvalue weighted by atomic mass is 9.92. The Morgan fingerprint density at radius 2 is 1.79 bits per heavy atom. The Hall–Kier alpha value is -3.19. The highest BCUT2D eigenvalue weighted by atomic mass is 16.7. The number of rotatable bonds is 12. The van der Waals surface area contributed by atoms with Crippen molar-refractivity contribution in [3.8, 4) is 0 Å². The summed E-state index contributed by atoms with van der Waals surface area (Å²) in [5.74, 6) is -0.913. The van der Waals surface area contributed by atoms with E-state index in [1.54, 1.807) is 6.92 Å². The van der Waals surface area contributed by atoms with E-state index in [2.05, 4.69) is 0 Å². The molecule has 176 valence electrons. The van der Waals surface area contributed by atoms with Crippen LogP contribution in [0.25, 0.3) is 0 Å². The lowest BCUT2D eigenvalue weighted by Gasteiger charge is -2.33. The van der Waals surface area contributed by atoms with Crippen LogP contribution in [0, 0.1) is 5.92 Å². The van der Waals surface area contributed by atoms with E-state index in [-0.39, 0.29) is 25.2 Å². The van der Waals surface area contributed by atoms with Gasteiger partial charge in [-0.3, -0.25) is 14.4 Å². The van der Waals surface area contributed by atoms with Gasteiger partial charge in [-0.15, -0.1) is 0 Å². The largest absolute Gasteiger partial charge is 0.447 e. The second-order valence-electron chi connectivity index (χ2n) is 8.34. The molecule has 2 aromatic rings. The van der Waals surface area contributed by atoms with Crippen LogP contribution in [0.2, 0.25) is 0 Å². The van der Waals surface area contributed by atoms with Gasteiger partial charge in [0.2, 0.25) is 12.3 Å². The van der Waals surface area contributed by atoms with Crippen LogP contribution in [0.3, 0.4) is 0 Å². The minimum atomic E-state index is -0.627. The zero-order chi connectivity index (χ0) is 23.6. The van der Waals surface area contributed by atoms with E-state index in [1.807, 2.05) is 67.6 Å². The number of benzene rings is 2. The molecule has 7 nitrogen and oxygen atoms in total. The Morgan fingerprint density at radius 3 is 2.39 bits per heavy atom. The fraction of sp³-hybridized carbons (Fsp3) is 0.423. The minimum absolute atomic E-state index is 0.163. The number of imide groups is 1. The number of hydrogen-bond acceptors (Lipinski definition) is 5. The molecule has 7 heteroatoms. The Morgan fingerprint density at radius 1 is 1.15 bits per heavy atom. The Labute approximate surface area is 195 Å². The summed E-state index contributed by atoms with van der Waals surface area (Å²) in [5, 5.41) is 1.19. The monoisotopic (exact) mass is 452 g/mol. The lowest BCUT2D eigenvalue weighted by molar-refractivity contribution is -0.198. The predicted molar refractivity (Wildman–Crippen MR) is 124 cm³/mol. The Balaban J connectivity index is 1.75. The summed E-state index contributed by atoms with van der Waals surface area (Å²) >= 11 is 0. The second kappa shape index (κ2) is 12.2. The third-order valence-corrected chi connectivity index (χ3v) is 6.01. The molecule has 1 unspecified atom stereocenters. The molecule has 0 bridgehead atoms. The van der Waals surface area contributed by atoms with Crippen LogP contribution in [-0.2, 0) is 32.2 Å². The van der Waals surface area contributed by atoms with Crippen molar-refractivity contribution in [2.45, 2.75) is 58.2 Å². The van der Waals surface area contributed by atoms with Gasteiger partial charge >= 0.3 is 6.09 Å². The molecule has 0 aromatic heterocycles. The van der Waals surface area contributed by atoms with E-state index >= 15 is 0 Å². The molecular weight excluding hydrogens is 420 g/mol. The molecule has 1 heterocycles. The molecule has 1 saturated heterocycles. The highest BCUT2D eigenvalue weighted by Gasteiger charge is 2.43. The summed E-state index contributed by atoms with van der Waals surface area (Å²) in [5.41, 5.74) is 1.94. The van der Waals surface area contributed by atoms with Gasteiger partial charge in [-0.1, -0.05) is 80.4 Å². The van der Waals surface area contributed by atoms with Crippen LogP contribution < -0.4 is 0 Å².